The first-order chi connectivity index (χ1) is 15.8. The minimum absolute atomic E-state index is 0.193. The Morgan fingerprint density at radius 2 is 1.73 bits per heavy atom. The fourth-order valence-corrected chi connectivity index (χ4v) is 5.88. The van der Waals surface area contributed by atoms with Crippen LogP contribution < -0.4 is 0 Å². The van der Waals surface area contributed by atoms with Gasteiger partial charge < -0.3 is 9.47 Å². The van der Waals surface area contributed by atoms with Gasteiger partial charge in [0.05, 0.1) is 11.1 Å². The Morgan fingerprint density at radius 1 is 1.03 bits per heavy atom. The van der Waals surface area contributed by atoms with Crippen molar-refractivity contribution in [2.45, 2.75) is 49.6 Å². The van der Waals surface area contributed by atoms with E-state index in [0.717, 1.165) is 73.6 Å². The van der Waals surface area contributed by atoms with E-state index in [1.54, 1.807) is 36.0 Å². The summed E-state index contributed by atoms with van der Waals surface area (Å²) in [7, 11) is 2.04. The van der Waals surface area contributed by atoms with Crippen LogP contribution in [0.2, 0.25) is 0 Å². The summed E-state index contributed by atoms with van der Waals surface area (Å²) in [6.45, 7) is 5.24. The van der Waals surface area contributed by atoms with Gasteiger partial charge in [-0.3, -0.25) is 0 Å². The Morgan fingerprint density at radius 3 is 2.36 bits per heavy atom. The van der Waals surface area contributed by atoms with Gasteiger partial charge in [-0.1, -0.05) is 6.92 Å². The van der Waals surface area contributed by atoms with Crippen molar-refractivity contribution in [2.24, 2.45) is 7.05 Å². The molecule has 178 valence electrons. The van der Waals surface area contributed by atoms with Crippen molar-refractivity contribution in [3.8, 4) is 0 Å². The number of alkyl halides is 3. The van der Waals surface area contributed by atoms with Crippen molar-refractivity contribution in [1.29, 1.82) is 0 Å². The van der Waals surface area contributed by atoms with Gasteiger partial charge in [0.2, 0.25) is 0 Å². The number of aromatic nitrogens is 1. The lowest BCUT2D eigenvalue weighted by atomic mass is 9.87. The third-order valence-corrected chi connectivity index (χ3v) is 7.83. The topological polar surface area (TPSA) is 8.17 Å². The fourth-order valence-electron chi connectivity index (χ4n) is 5.04. The molecule has 3 aromatic rings. The van der Waals surface area contributed by atoms with Crippen LogP contribution in [0.3, 0.4) is 0 Å². The van der Waals surface area contributed by atoms with Crippen LogP contribution in [-0.2, 0) is 19.6 Å². The molecule has 1 aromatic heterocycles. The number of likely N-dealkylation sites (tertiary alicyclic amines) is 1. The largest absolute Gasteiger partial charge is 0.416 e. The van der Waals surface area contributed by atoms with E-state index in [4.69, 9.17) is 0 Å². The molecule has 1 saturated heterocycles. The highest BCUT2D eigenvalue weighted by Crippen LogP contribution is 2.38. The molecule has 7 heteroatoms. The summed E-state index contributed by atoms with van der Waals surface area (Å²) in [5.74, 6) is 1.19. The smallest absolute Gasteiger partial charge is 0.347 e. The summed E-state index contributed by atoms with van der Waals surface area (Å²) in [5, 5.41) is 1.18. The maximum atomic E-state index is 13.8. The lowest BCUT2D eigenvalue weighted by Crippen LogP contribution is -2.34. The summed E-state index contributed by atoms with van der Waals surface area (Å²) in [6, 6.07) is 10.6. The van der Waals surface area contributed by atoms with Crippen LogP contribution in [0.1, 0.15) is 48.9 Å². The average Bonchev–Trinajstić information content (AvgIpc) is 3.08. The summed E-state index contributed by atoms with van der Waals surface area (Å²) in [5.41, 5.74) is 3.08. The van der Waals surface area contributed by atoms with Crippen LogP contribution in [-0.4, -0.2) is 34.9 Å². The molecule has 0 atom stereocenters. The number of aryl methyl sites for hydroxylation is 1. The van der Waals surface area contributed by atoms with Gasteiger partial charge in [0.25, 0.3) is 0 Å². The molecular formula is C26H30F4N2S. The molecule has 0 N–H and O–H groups in total. The number of rotatable bonds is 7. The minimum Gasteiger partial charge on any atom is -0.347 e. The molecule has 33 heavy (non-hydrogen) atoms. The molecule has 0 saturated carbocycles. The minimum atomic E-state index is -4.28. The Balaban J connectivity index is 1.28. The van der Waals surface area contributed by atoms with Gasteiger partial charge in [-0.05, 0) is 105 Å². The predicted octanol–water partition coefficient (Wildman–Crippen LogP) is 7.26. The lowest BCUT2D eigenvalue weighted by Gasteiger charge is -2.32. The molecule has 1 fully saturated rings. The zero-order valence-corrected chi connectivity index (χ0v) is 19.9. The summed E-state index contributed by atoms with van der Waals surface area (Å²) in [6.07, 6.45) is -0.159. The van der Waals surface area contributed by atoms with Crippen LogP contribution in [0, 0.1) is 5.82 Å². The van der Waals surface area contributed by atoms with Gasteiger partial charge in [-0.2, -0.15) is 13.2 Å². The normalized spacial score (nSPS) is 16.1. The maximum Gasteiger partial charge on any atom is 0.416 e. The van der Waals surface area contributed by atoms with Crippen LogP contribution in [0.4, 0.5) is 17.6 Å². The van der Waals surface area contributed by atoms with Crippen molar-refractivity contribution in [1.82, 2.24) is 9.47 Å². The number of hydrogen-bond donors (Lipinski definition) is 0. The quantitative estimate of drug-likeness (QED) is 0.201. The van der Waals surface area contributed by atoms with Crippen molar-refractivity contribution in [3.63, 3.8) is 0 Å². The Hall–Kier alpha value is -1.99. The molecule has 0 amide bonds. The van der Waals surface area contributed by atoms with Crippen LogP contribution in [0.25, 0.3) is 10.9 Å². The third-order valence-electron chi connectivity index (χ3n) is 6.73. The molecule has 1 aliphatic rings. The third kappa shape index (κ3) is 5.40. The van der Waals surface area contributed by atoms with E-state index in [0.29, 0.717) is 5.92 Å². The van der Waals surface area contributed by atoms with E-state index < -0.39 is 11.7 Å². The molecule has 0 bridgehead atoms. The Kier molecular flexibility index (Phi) is 7.39. The fraction of sp³-hybridized carbons (Fsp3) is 0.462. The Bertz CT molecular complexity index is 1080. The lowest BCUT2D eigenvalue weighted by molar-refractivity contribution is -0.137. The van der Waals surface area contributed by atoms with Crippen molar-refractivity contribution < 1.29 is 17.6 Å². The van der Waals surface area contributed by atoms with E-state index in [2.05, 4.69) is 16.4 Å². The molecular weight excluding hydrogens is 448 g/mol. The number of nitrogens with zero attached hydrogens (tertiary/aromatic N) is 2. The number of piperidine rings is 1. The number of benzene rings is 2. The van der Waals surface area contributed by atoms with Gasteiger partial charge in [-0.15, -0.1) is 11.8 Å². The number of hydrogen-bond acceptors (Lipinski definition) is 2. The first kappa shape index (κ1) is 24.1. The van der Waals surface area contributed by atoms with Crippen molar-refractivity contribution >= 4 is 22.7 Å². The average molecular weight is 479 g/mol. The van der Waals surface area contributed by atoms with Gasteiger partial charge in [-0.25, -0.2) is 4.39 Å². The highest BCUT2D eigenvalue weighted by atomic mass is 32.2. The summed E-state index contributed by atoms with van der Waals surface area (Å²) >= 11 is 1.61. The summed E-state index contributed by atoms with van der Waals surface area (Å²) in [4.78, 5) is 3.36. The predicted molar refractivity (Wildman–Crippen MR) is 127 cm³/mol. The van der Waals surface area contributed by atoms with E-state index >= 15 is 0 Å². The van der Waals surface area contributed by atoms with Crippen molar-refractivity contribution in [2.75, 3.05) is 25.4 Å². The molecule has 2 nitrogen and oxygen atoms in total. The van der Waals surface area contributed by atoms with Gasteiger partial charge in [0.1, 0.15) is 5.82 Å². The second kappa shape index (κ2) is 10.1. The van der Waals surface area contributed by atoms with E-state index in [1.807, 2.05) is 13.1 Å². The zero-order valence-electron chi connectivity index (χ0n) is 19.1. The van der Waals surface area contributed by atoms with E-state index in [9.17, 15) is 17.6 Å². The highest BCUT2D eigenvalue weighted by molar-refractivity contribution is 7.99. The number of fused-ring (bicyclic) bond motifs is 1. The second-order valence-corrected chi connectivity index (χ2v) is 9.94. The summed E-state index contributed by atoms with van der Waals surface area (Å²) < 4.78 is 54.0. The first-order valence-electron chi connectivity index (χ1n) is 11.6. The molecule has 2 aromatic carbocycles. The van der Waals surface area contributed by atoms with Crippen LogP contribution in [0.5, 0.6) is 0 Å². The SMILES string of the molecule is CCc1c(C2CCN(CCCSc3ccc(C(F)(F)F)cc3)CC2)c2ccc(F)cc2n1C. The maximum absolute atomic E-state index is 13.8. The molecule has 0 radical (unpaired) electrons. The monoisotopic (exact) mass is 478 g/mol. The number of thioether (sulfide) groups is 1. The molecule has 2 heterocycles. The second-order valence-electron chi connectivity index (χ2n) is 8.77. The van der Waals surface area contributed by atoms with Gasteiger partial charge >= 0.3 is 6.18 Å². The Labute approximate surface area is 197 Å². The molecule has 4 rings (SSSR count). The number of halogens is 4. The first-order valence-corrected chi connectivity index (χ1v) is 12.6. The molecule has 0 spiro atoms. The molecule has 0 unspecified atom stereocenters. The standard InChI is InChI=1S/C26H30F4N2S/c1-3-23-25(22-10-7-20(27)17-24(22)31(23)2)18-11-14-32(15-12-18)13-4-16-33-21-8-5-19(6-9-21)26(28,29)30/h5-10,17-18H,3-4,11-16H2,1-2H3. The van der Waals surface area contributed by atoms with Gasteiger partial charge in [0.15, 0.2) is 0 Å². The van der Waals surface area contributed by atoms with E-state index in [1.165, 1.54) is 16.6 Å². The van der Waals surface area contributed by atoms with E-state index in [-0.39, 0.29) is 5.82 Å². The zero-order chi connectivity index (χ0) is 23.6. The van der Waals surface area contributed by atoms with Crippen molar-refractivity contribution in [3.05, 3.63) is 65.1 Å². The molecule has 0 aliphatic carbocycles. The highest BCUT2D eigenvalue weighted by Gasteiger charge is 2.30. The molecule has 1 aliphatic heterocycles. The van der Waals surface area contributed by atoms with Crippen LogP contribution in [0.15, 0.2) is 47.4 Å². The van der Waals surface area contributed by atoms with Gasteiger partial charge in [0, 0.05) is 23.0 Å². The van der Waals surface area contributed by atoms with Crippen LogP contribution >= 0.6 is 11.8 Å².